The maximum Gasteiger partial charge on any atom is 0.307 e. The van der Waals surface area contributed by atoms with Crippen molar-refractivity contribution in [1.29, 1.82) is 0 Å². The molecule has 0 radical (unpaired) electrons. The maximum absolute atomic E-state index is 13.9. The first-order chi connectivity index (χ1) is 12.3. The summed E-state index contributed by atoms with van der Waals surface area (Å²) in [4.78, 5) is 36.0. The fourth-order valence-corrected chi connectivity index (χ4v) is 2.17. The van der Waals surface area contributed by atoms with E-state index in [1.165, 1.54) is 6.92 Å². The molecule has 0 spiro atoms. The number of carbonyl (C=O) groups excluding carboxylic acids is 3. The molecule has 0 bridgehead atoms. The summed E-state index contributed by atoms with van der Waals surface area (Å²) in [6, 6.07) is 1.51. The van der Waals surface area contributed by atoms with Crippen LogP contribution in [0.4, 0.5) is 13.2 Å². The third kappa shape index (κ3) is 6.38. The molecule has 0 fully saturated rings. The van der Waals surface area contributed by atoms with Crippen molar-refractivity contribution in [3.8, 4) is 0 Å². The third-order valence-corrected chi connectivity index (χ3v) is 3.42. The van der Waals surface area contributed by atoms with E-state index in [1.807, 2.05) is 0 Å². The molecule has 1 N–H and O–H groups in total. The normalized spacial score (nSPS) is 10.3. The van der Waals surface area contributed by atoms with Gasteiger partial charge < -0.3 is 15.0 Å². The Morgan fingerprint density at radius 1 is 1.12 bits per heavy atom. The molecule has 0 unspecified atom stereocenters. The SMILES string of the molecule is CCOC(=O)CCN(CCCNC(C)=O)C(=O)c1ccc(F)c(F)c1F. The molecule has 6 nitrogen and oxygen atoms in total. The number of hydrogen-bond donors (Lipinski definition) is 1. The molecule has 0 heterocycles. The van der Waals surface area contributed by atoms with Crippen molar-refractivity contribution >= 4 is 17.8 Å². The molecule has 0 aliphatic carbocycles. The summed E-state index contributed by atoms with van der Waals surface area (Å²) in [5.41, 5.74) is -0.632. The average molecular weight is 374 g/mol. The van der Waals surface area contributed by atoms with Crippen molar-refractivity contribution < 1.29 is 32.3 Å². The van der Waals surface area contributed by atoms with E-state index in [0.717, 1.165) is 11.0 Å². The molecule has 0 aliphatic rings. The van der Waals surface area contributed by atoms with E-state index < -0.39 is 34.9 Å². The van der Waals surface area contributed by atoms with Crippen LogP contribution in [0.15, 0.2) is 12.1 Å². The Kier molecular flexibility index (Phi) is 8.60. The number of esters is 1. The van der Waals surface area contributed by atoms with Gasteiger partial charge >= 0.3 is 5.97 Å². The van der Waals surface area contributed by atoms with Crippen molar-refractivity contribution in [2.75, 3.05) is 26.2 Å². The summed E-state index contributed by atoms with van der Waals surface area (Å²) in [5, 5.41) is 2.54. The van der Waals surface area contributed by atoms with Crippen LogP contribution < -0.4 is 5.32 Å². The van der Waals surface area contributed by atoms with Gasteiger partial charge in [0.15, 0.2) is 17.5 Å². The molecule has 26 heavy (non-hydrogen) atoms. The summed E-state index contributed by atoms with van der Waals surface area (Å²) in [6.07, 6.45) is 0.199. The van der Waals surface area contributed by atoms with Crippen molar-refractivity contribution in [1.82, 2.24) is 10.2 Å². The number of benzene rings is 1. The van der Waals surface area contributed by atoms with Gasteiger partial charge in [0.2, 0.25) is 5.91 Å². The third-order valence-electron chi connectivity index (χ3n) is 3.42. The van der Waals surface area contributed by atoms with Gasteiger partial charge in [0.25, 0.3) is 5.91 Å². The molecule has 9 heteroatoms. The lowest BCUT2D eigenvalue weighted by Gasteiger charge is -2.23. The molecule has 1 aromatic carbocycles. The zero-order valence-electron chi connectivity index (χ0n) is 14.6. The highest BCUT2D eigenvalue weighted by molar-refractivity contribution is 5.94. The highest BCUT2D eigenvalue weighted by Gasteiger charge is 2.23. The Hall–Kier alpha value is -2.58. The second-order valence-corrected chi connectivity index (χ2v) is 5.41. The minimum absolute atomic E-state index is 0.0803. The fraction of sp³-hybridized carbons (Fsp3) is 0.471. The molecule has 0 saturated heterocycles. The Labute approximate surface area is 149 Å². The largest absolute Gasteiger partial charge is 0.466 e. The second-order valence-electron chi connectivity index (χ2n) is 5.41. The number of ether oxygens (including phenoxy) is 1. The topological polar surface area (TPSA) is 75.7 Å². The molecule has 0 atom stereocenters. The Morgan fingerprint density at radius 2 is 1.81 bits per heavy atom. The van der Waals surface area contributed by atoms with E-state index in [1.54, 1.807) is 6.92 Å². The lowest BCUT2D eigenvalue weighted by Crippen LogP contribution is -2.36. The van der Waals surface area contributed by atoms with E-state index in [2.05, 4.69) is 5.32 Å². The highest BCUT2D eigenvalue weighted by Crippen LogP contribution is 2.17. The van der Waals surface area contributed by atoms with Crippen LogP contribution >= 0.6 is 0 Å². The highest BCUT2D eigenvalue weighted by atomic mass is 19.2. The minimum Gasteiger partial charge on any atom is -0.466 e. The van der Waals surface area contributed by atoms with Gasteiger partial charge in [0.05, 0.1) is 18.6 Å². The van der Waals surface area contributed by atoms with E-state index >= 15 is 0 Å². The molecular weight excluding hydrogens is 353 g/mol. The first kappa shape index (κ1) is 21.5. The number of halogens is 3. The number of hydrogen-bond acceptors (Lipinski definition) is 4. The van der Waals surface area contributed by atoms with E-state index in [4.69, 9.17) is 4.74 Å². The lowest BCUT2D eigenvalue weighted by atomic mass is 10.1. The van der Waals surface area contributed by atoms with Crippen molar-refractivity contribution in [3.63, 3.8) is 0 Å². The smallest absolute Gasteiger partial charge is 0.307 e. The number of amides is 2. The van der Waals surface area contributed by atoms with Crippen molar-refractivity contribution in [2.45, 2.75) is 26.7 Å². The minimum atomic E-state index is -1.74. The Bertz CT molecular complexity index is 668. The summed E-state index contributed by atoms with van der Waals surface area (Å²) in [5.74, 6) is -6.40. The molecule has 1 rings (SSSR count). The van der Waals surface area contributed by atoms with Gasteiger partial charge in [-0.1, -0.05) is 0 Å². The monoisotopic (exact) mass is 374 g/mol. The van der Waals surface area contributed by atoms with Gasteiger partial charge in [-0.15, -0.1) is 0 Å². The van der Waals surface area contributed by atoms with Crippen LogP contribution in [0.25, 0.3) is 0 Å². The standard InChI is InChI=1S/C17H21F3N2O4/c1-3-26-14(24)7-10-22(9-4-8-21-11(2)23)17(25)12-5-6-13(18)16(20)15(12)19/h5-6H,3-4,7-10H2,1-2H3,(H,21,23). The number of rotatable bonds is 9. The van der Waals surface area contributed by atoms with E-state index in [9.17, 15) is 27.6 Å². The van der Waals surface area contributed by atoms with Gasteiger partial charge in [0.1, 0.15) is 0 Å². The maximum atomic E-state index is 13.9. The van der Waals surface area contributed by atoms with Gasteiger partial charge in [-0.05, 0) is 25.5 Å². The number of nitrogens with one attached hydrogen (secondary N) is 1. The van der Waals surface area contributed by atoms with Crippen LogP contribution in [0.5, 0.6) is 0 Å². The number of carbonyl (C=O) groups is 3. The van der Waals surface area contributed by atoms with Gasteiger partial charge in [-0.3, -0.25) is 14.4 Å². The first-order valence-electron chi connectivity index (χ1n) is 8.10. The molecule has 1 aromatic rings. The summed E-state index contributed by atoms with van der Waals surface area (Å²) in [7, 11) is 0. The predicted octanol–water partition coefficient (Wildman–Crippen LogP) is 2.03. The molecular formula is C17H21F3N2O4. The molecule has 0 saturated carbocycles. The van der Waals surface area contributed by atoms with Crippen LogP contribution in [0, 0.1) is 17.5 Å². The average Bonchev–Trinajstić information content (AvgIpc) is 2.58. The summed E-state index contributed by atoms with van der Waals surface area (Å²) < 4.78 is 45.1. The summed E-state index contributed by atoms with van der Waals surface area (Å²) >= 11 is 0. The van der Waals surface area contributed by atoms with Crippen molar-refractivity contribution in [2.24, 2.45) is 0 Å². The second kappa shape index (κ2) is 10.4. The number of nitrogens with zero attached hydrogens (tertiary/aromatic N) is 1. The van der Waals surface area contributed by atoms with Gasteiger partial charge in [0, 0.05) is 26.6 Å². The zero-order chi connectivity index (χ0) is 19.7. The van der Waals surface area contributed by atoms with Crippen LogP contribution in [-0.2, 0) is 14.3 Å². The Morgan fingerprint density at radius 3 is 2.42 bits per heavy atom. The Balaban J connectivity index is 2.87. The summed E-state index contributed by atoms with van der Waals surface area (Å²) in [6.45, 7) is 3.39. The van der Waals surface area contributed by atoms with Crippen molar-refractivity contribution in [3.05, 3.63) is 35.1 Å². The molecule has 0 aliphatic heterocycles. The van der Waals surface area contributed by atoms with E-state index in [0.29, 0.717) is 12.5 Å². The quantitative estimate of drug-likeness (QED) is 0.408. The molecule has 0 aromatic heterocycles. The first-order valence-corrected chi connectivity index (χ1v) is 8.10. The molecule has 2 amide bonds. The van der Waals surface area contributed by atoms with Gasteiger partial charge in [-0.2, -0.15) is 0 Å². The zero-order valence-corrected chi connectivity index (χ0v) is 14.6. The predicted molar refractivity (Wildman–Crippen MR) is 86.8 cm³/mol. The fourth-order valence-electron chi connectivity index (χ4n) is 2.17. The lowest BCUT2D eigenvalue weighted by molar-refractivity contribution is -0.143. The van der Waals surface area contributed by atoms with Crippen LogP contribution in [0.2, 0.25) is 0 Å². The van der Waals surface area contributed by atoms with Crippen LogP contribution in [-0.4, -0.2) is 48.9 Å². The van der Waals surface area contributed by atoms with Gasteiger partial charge in [-0.25, -0.2) is 13.2 Å². The van der Waals surface area contributed by atoms with Crippen LogP contribution in [0.3, 0.4) is 0 Å². The van der Waals surface area contributed by atoms with Crippen LogP contribution in [0.1, 0.15) is 37.0 Å². The molecule has 144 valence electrons. The van der Waals surface area contributed by atoms with E-state index in [-0.39, 0.29) is 38.6 Å².